The molecule has 122 valence electrons. The van der Waals surface area contributed by atoms with Gasteiger partial charge >= 0.3 is 5.97 Å². The highest BCUT2D eigenvalue weighted by atomic mass is 16.5. The van der Waals surface area contributed by atoms with Crippen LogP contribution in [0.4, 0.5) is 0 Å². The monoisotopic (exact) mass is 323 g/mol. The molecule has 3 rings (SSSR count). The largest absolute Gasteiger partial charge is 0.466 e. The molecule has 1 aromatic carbocycles. The van der Waals surface area contributed by atoms with Gasteiger partial charge in [-0.05, 0) is 19.1 Å². The molecule has 0 atom stereocenters. The summed E-state index contributed by atoms with van der Waals surface area (Å²) < 4.78 is 8.82. The van der Waals surface area contributed by atoms with Crippen LogP contribution in [0, 0.1) is 11.3 Å². The van der Waals surface area contributed by atoms with Gasteiger partial charge in [0.25, 0.3) is 0 Å². The number of ether oxygens (including phenoxy) is 1. The summed E-state index contributed by atoms with van der Waals surface area (Å²) in [5.41, 5.74) is 2.54. The third-order valence-corrected chi connectivity index (χ3v) is 3.67. The zero-order valence-electron chi connectivity index (χ0n) is 13.3. The molecule has 0 aliphatic heterocycles. The van der Waals surface area contributed by atoms with Crippen LogP contribution in [-0.4, -0.2) is 31.7 Å². The first-order chi connectivity index (χ1) is 11.7. The maximum absolute atomic E-state index is 11.9. The molecule has 0 aliphatic carbocycles. The van der Waals surface area contributed by atoms with Crippen molar-refractivity contribution in [2.75, 3.05) is 6.61 Å². The topological polar surface area (TPSA) is 85.7 Å². The number of nitriles is 1. The van der Waals surface area contributed by atoms with Gasteiger partial charge in [-0.1, -0.05) is 6.07 Å². The van der Waals surface area contributed by atoms with E-state index in [9.17, 15) is 4.79 Å². The number of esters is 1. The van der Waals surface area contributed by atoms with Crippen molar-refractivity contribution in [2.45, 2.75) is 26.3 Å². The van der Waals surface area contributed by atoms with Gasteiger partial charge in [0, 0.05) is 18.9 Å². The Kier molecular flexibility index (Phi) is 4.57. The molecule has 0 fully saturated rings. The number of hydrogen-bond donors (Lipinski definition) is 0. The van der Waals surface area contributed by atoms with Gasteiger partial charge < -0.3 is 13.9 Å². The summed E-state index contributed by atoms with van der Waals surface area (Å²) in [6.07, 6.45) is 5.67. The van der Waals surface area contributed by atoms with Gasteiger partial charge in [-0.2, -0.15) is 5.26 Å². The van der Waals surface area contributed by atoms with Crippen molar-refractivity contribution in [2.24, 2.45) is 0 Å². The molecule has 2 heterocycles. The second kappa shape index (κ2) is 6.96. The van der Waals surface area contributed by atoms with Gasteiger partial charge in [-0.25, -0.2) is 9.97 Å². The maximum atomic E-state index is 11.9. The van der Waals surface area contributed by atoms with Gasteiger partial charge in [-0.15, -0.1) is 0 Å². The zero-order chi connectivity index (χ0) is 16.9. The molecule has 3 aromatic rings. The number of aromatic nitrogens is 4. The lowest BCUT2D eigenvalue weighted by Gasteiger charge is -2.07. The van der Waals surface area contributed by atoms with Crippen molar-refractivity contribution in [1.29, 1.82) is 5.26 Å². The molecule has 7 nitrogen and oxygen atoms in total. The van der Waals surface area contributed by atoms with E-state index in [1.54, 1.807) is 19.4 Å². The van der Waals surface area contributed by atoms with Crippen molar-refractivity contribution in [3.8, 4) is 11.8 Å². The van der Waals surface area contributed by atoms with E-state index in [2.05, 4.69) is 16.0 Å². The van der Waals surface area contributed by atoms with Crippen molar-refractivity contribution >= 4 is 17.0 Å². The number of carbonyl (C=O) groups is 1. The number of hydrogen-bond acceptors (Lipinski definition) is 5. The summed E-state index contributed by atoms with van der Waals surface area (Å²) in [6.45, 7) is 2.58. The first kappa shape index (κ1) is 15.7. The molecule has 0 bridgehead atoms. The van der Waals surface area contributed by atoms with Crippen molar-refractivity contribution in [3.63, 3.8) is 0 Å². The Labute approximate surface area is 139 Å². The minimum absolute atomic E-state index is 0.0807. The molecule has 0 saturated heterocycles. The SMILES string of the molecule is CCOC(=O)Cc1nc2c(-n3ccnc3)cccc2n1CCC#N. The molecular weight excluding hydrogens is 306 g/mol. The van der Waals surface area contributed by atoms with Gasteiger partial charge in [0.2, 0.25) is 0 Å². The first-order valence-corrected chi connectivity index (χ1v) is 7.73. The van der Waals surface area contributed by atoms with Gasteiger partial charge in [-0.3, -0.25) is 4.79 Å². The lowest BCUT2D eigenvalue weighted by Crippen LogP contribution is -2.13. The minimum Gasteiger partial charge on any atom is -0.466 e. The smallest absolute Gasteiger partial charge is 0.313 e. The van der Waals surface area contributed by atoms with E-state index in [0.29, 0.717) is 25.4 Å². The van der Waals surface area contributed by atoms with E-state index < -0.39 is 0 Å². The van der Waals surface area contributed by atoms with Gasteiger partial charge in [0.1, 0.15) is 17.8 Å². The van der Waals surface area contributed by atoms with Crippen molar-refractivity contribution in [3.05, 3.63) is 42.7 Å². The number of rotatable bonds is 6. The number of fused-ring (bicyclic) bond motifs is 1. The van der Waals surface area contributed by atoms with Crippen LogP contribution in [0.15, 0.2) is 36.9 Å². The number of aryl methyl sites for hydroxylation is 1. The van der Waals surface area contributed by atoms with Crippen molar-refractivity contribution < 1.29 is 9.53 Å². The quantitative estimate of drug-likeness (QED) is 0.649. The third-order valence-electron chi connectivity index (χ3n) is 3.67. The Hall–Kier alpha value is -3.14. The molecule has 0 N–H and O–H groups in total. The Balaban J connectivity index is 2.10. The van der Waals surface area contributed by atoms with E-state index in [4.69, 9.17) is 10.00 Å². The van der Waals surface area contributed by atoms with E-state index in [1.165, 1.54) is 0 Å². The van der Waals surface area contributed by atoms with Gasteiger partial charge in [0.05, 0.1) is 36.6 Å². The summed E-state index contributed by atoms with van der Waals surface area (Å²) in [6, 6.07) is 7.95. The Morgan fingerprint density at radius 3 is 3.00 bits per heavy atom. The number of benzene rings is 1. The first-order valence-electron chi connectivity index (χ1n) is 7.73. The fourth-order valence-electron chi connectivity index (χ4n) is 2.68. The van der Waals surface area contributed by atoms with Crippen LogP contribution < -0.4 is 0 Å². The summed E-state index contributed by atoms with van der Waals surface area (Å²) in [5, 5.41) is 8.91. The molecule has 7 heteroatoms. The number of nitrogens with zero attached hydrogens (tertiary/aromatic N) is 5. The molecule has 2 aromatic heterocycles. The molecule has 0 saturated carbocycles. The van der Waals surface area contributed by atoms with E-state index in [1.807, 2.05) is 33.5 Å². The summed E-state index contributed by atoms with van der Waals surface area (Å²) in [5.74, 6) is 0.279. The Morgan fingerprint density at radius 1 is 1.42 bits per heavy atom. The number of imidazole rings is 2. The predicted octanol–water partition coefficient (Wildman–Crippen LogP) is 2.24. The average molecular weight is 323 g/mol. The average Bonchev–Trinajstić information content (AvgIpc) is 3.20. The summed E-state index contributed by atoms with van der Waals surface area (Å²) >= 11 is 0. The van der Waals surface area contributed by atoms with Crippen LogP contribution in [0.2, 0.25) is 0 Å². The molecule has 0 spiro atoms. The summed E-state index contributed by atoms with van der Waals surface area (Å²) in [4.78, 5) is 20.6. The van der Waals surface area contributed by atoms with E-state index in [0.717, 1.165) is 16.7 Å². The lowest BCUT2D eigenvalue weighted by molar-refractivity contribution is -0.142. The van der Waals surface area contributed by atoms with Crippen molar-refractivity contribution in [1.82, 2.24) is 19.1 Å². The summed E-state index contributed by atoms with van der Waals surface area (Å²) in [7, 11) is 0. The lowest BCUT2D eigenvalue weighted by atomic mass is 10.2. The van der Waals surface area contributed by atoms with Gasteiger partial charge in [0.15, 0.2) is 0 Å². The maximum Gasteiger partial charge on any atom is 0.313 e. The molecule has 0 amide bonds. The zero-order valence-corrected chi connectivity index (χ0v) is 13.3. The minimum atomic E-state index is -0.324. The molecule has 0 unspecified atom stereocenters. The fourth-order valence-corrected chi connectivity index (χ4v) is 2.68. The second-order valence-electron chi connectivity index (χ2n) is 5.18. The third kappa shape index (κ3) is 2.99. The molecule has 24 heavy (non-hydrogen) atoms. The highest BCUT2D eigenvalue weighted by Crippen LogP contribution is 2.24. The van der Waals surface area contributed by atoms with Crippen LogP contribution in [-0.2, 0) is 22.5 Å². The van der Waals surface area contributed by atoms with E-state index in [-0.39, 0.29) is 12.4 Å². The Morgan fingerprint density at radius 2 is 2.29 bits per heavy atom. The molecular formula is C17H17N5O2. The van der Waals surface area contributed by atoms with Crippen LogP contribution in [0.3, 0.4) is 0 Å². The molecule has 0 radical (unpaired) electrons. The standard InChI is InChI=1S/C17H17N5O2/c1-2-24-16(23)11-15-20-17-13(21-10-8-19-12-21)5-3-6-14(17)22(15)9-4-7-18/h3,5-6,8,10,12H,2,4,9,11H2,1H3. The van der Waals surface area contributed by atoms with Crippen LogP contribution in [0.1, 0.15) is 19.2 Å². The number of carbonyl (C=O) groups excluding carboxylic acids is 1. The normalized spacial score (nSPS) is 10.7. The highest BCUT2D eigenvalue weighted by molar-refractivity contribution is 5.85. The van der Waals surface area contributed by atoms with Crippen LogP contribution in [0.5, 0.6) is 0 Å². The number of para-hydroxylation sites is 1. The highest BCUT2D eigenvalue weighted by Gasteiger charge is 2.17. The van der Waals surface area contributed by atoms with Crippen LogP contribution >= 0.6 is 0 Å². The van der Waals surface area contributed by atoms with E-state index >= 15 is 0 Å². The predicted molar refractivity (Wildman–Crippen MR) is 87.4 cm³/mol. The fraction of sp³-hybridized carbons (Fsp3) is 0.294. The second-order valence-corrected chi connectivity index (χ2v) is 5.18. The Bertz CT molecular complexity index is 890. The van der Waals surface area contributed by atoms with Crippen LogP contribution in [0.25, 0.3) is 16.7 Å². The molecule has 0 aliphatic rings.